The molecule has 0 saturated heterocycles. The number of benzene rings is 2. The normalized spacial score (nSPS) is 11.6. The first-order valence-electron chi connectivity index (χ1n) is 11.7. The molecule has 1 amide bonds. The summed E-state index contributed by atoms with van der Waals surface area (Å²) in [6.07, 6.45) is 3.92. The molecule has 2 aromatic carbocycles. The van der Waals surface area contributed by atoms with Crippen LogP contribution in [0.3, 0.4) is 0 Å². The third-order valence-corrected chi connectivity index (χ3v) is 6.14. The van der Waals surface area contributed by atoms with E-state index >= 15 is 0 Å². The first-order valence-corrected chi connectivity index (χ1v) is 12.1. The van der Waals surface area contributed by atoms with Crippen molar-refractivity contribution < 1.29 is 28.5 Å². The number of aryl methyl sites for hydroxylation is 1. The predicted molar refractivity (Wildman–Crippen MR) is 144 cm³/mol. The van der Waals surface area contributed by atoms with Gasteiger partial charge in [-0.1, -0.05) is 17.7 Å². The summed E-state index contributed by atoms with van der Waals surface area (Å²) >= 11 is 5.78. The third-order valence-electron chi connectivity index (χ3n) is 5.85. The zero-order valence-corrected chi connectivity index (χ0v) is 22.4. The molecule has 0 radical (unpaired) electrons. The number of methoxy groups -OCH3 is 3. The number of aromatic nitrogens is 3. The number of ether oxygens (including phenoxy) is 3. The number of aliphatic hydroxyl groups is 1. The monoisotopic (exact) mass is 555 g/mol. The molecule has 0 saturated carbocycles. The molecule has 0 aliphatic rings. The Balaban J connectivity index is 1.48. The summed E-state index contributed by atoms with van der Waals surface area (Å²) in [5.41, 5.74) is 2.14. The highest BCUT2D eigenvalue weighted by molar-refractivity contribution is 6.30. The number of rotatable bonds is 10. The maximum Gasteiger partial charge on any atom is 0.252 e. The van der Waals surface area contributed by atoms with E-state index in [9.17, 15) is 14.3 Å². The van der Waals surface area contributed by atoms with Crippen LogP contribution in [0.4, 0.5) is 16.0 Å². The van der Waals surface area contributed by atoms with Gasteiger partial charge >= 0.3 is 0 Å². The van der Waals surface area contributed by atoms with E-state index in [1.165, 1.54) is 33.5 Å². The SMILES string of the molecule is COc1cc(Nc2ncc(C)c(-n3ccc(C(=O)NC[C@H](O)c4ccc(F)c(Cl)c4)c3)n2)cc(OC)c1OC. The summed E-state index contributed by atoms with van der Waals surface area (Å²) in [6.45, 7) is 1.77. The molecule has 2 aromatic heterocycles. The lowest BCUT2D eigenvalue weighted by Crippen LogP contribution is -2.28. The van der Waals surface area contributed by atoms with Gasteiger partial charge in [0, 0.05) is 48.5 Å². The molecule has 0 unspecified atom stereocenters. The second kappa shape index (κ2) is 12.0. The number of nitrogens with one attached hydrogen (secondary N) is 2. The van der Waals surface area contributed by atoms with Gasteiger partial charge in [0.05, 0.1) is 38.0 Å². The minimum Gasteiger partial charge on any atom is -0.493 e. The van der Waals surface area contributed by atoms with Gasteiger partial charge in [-0.2, -0.15) is 4.98 Å². The van der Waals surface area contributed by atoms with Crippen LogP contribution in [-0.4, -0.2) is 53.4 Å². The smallest absolute Gasteiger partial charge is 0.252 e. The van der Waals surface area contributed by atoms with Crippen LogP contribution >= 0.6 is 11.6 Å². The second-order valence-electron chi connectivity index (χ2n) is 8.45. The molecule has 0 aliphatic carbocycles. The second-order valence-corrected chi connectivity index (χ2v) is 8.85. The lowest BCUT2D eigenvalue weighted by Gasteiger charge is -2.15. The summed E-state index contributed by atoms with van der Waals surface area (Å²) in [5, 5.41) is 16.1. The van der Waals surface area contributed by atoms with Crippen molar-refractivity contribution in [3.8, 4) is 23.1 Å². The number of carbonyl (C=O) groups is 1. The van der Waals surface area contributed by atoms with E-state index in [1.807, 2.05) is 6.92 Å². The molecule has 10 nitrogen and oxygen atoms in total. The molecular weight excluding hydrogens is 529 g/mol. The summed E-state index contributed by atoms with van der Waals surface area (Å²) in [6, 6.07) is 9.00. The Morgan fingerprint density at radius 3 is 2.49 bits per heavy atom. The van der Waals surface area contributed by atoms with Gasteiger partial charge < -0.3 is 34.5 Å². The summed E-state index contributed by atoms with van der Waals surface area (Å²) in [4.78, 5) is 21.7. The van der Waals surface area contributed by atoms with E-state index < -0.39 is 17.8 Å². The topological polar surface area (TPSA) is 120 Å². The van der Waals surface area contributed by atoms with E-state index in [0.29, 0.717) is 45.8 Å². The summed E-state index contributed by atoms with van der Waals surface area (Å²) in [7, 11) is 4.58. The Morgan fingerprint density at radius 2 is 1.85 bits per heavy atom. The number of amides is 1. The molecule has 4 rings (SSSR count). The summed E-state index contributed by atoms with van der Waals surface area (Å²) < 4.78 is 31.2. The van der Waals surface area contributed by atoms with E-state index in [-0.39, 0.29) is 11.6 Å². The first kappa shape index (κ1) is 27.7. The standard InChI is InChI=1S/C27H27ClFN5O5/c1-15-12-31-27(32-18-10-22(37-2)24(39-4)23(11-18)38-3)33-25(15)34-8-7-17(14-34)26(36)30-13-21(35)16-5-6-20(29)19(28)9-16/h5-12,14,21,35H,13H2,1-4H3,(H,30,36)(H,31,32,33)/t21-/m0/s1. The van der Waals surface area contributed by atoms with Crippen molar-refractivity contribution in [1.29, 1.82) is 0 Å². The lowest BCUT2D eigenvalue weighted by atomic mass is 10.1. The Labute approximate surface area is 229 Å². The zero-order valence-electron chi connectivity index (χ0n) is 21.7. The van der Waals surface area contributed by atoms with Crippen LogP contribution in [0.15, 0.2) is 55.0 Å². The van der Waals surface area contributed by atoms with Crippen molar-refractivity contribution in [3.05, 3.63) is 82.5 Å². The van der Waals surface area contributed by atoms with E-state index in [2.05, 4.69) is 20.6 Å². The highest BCUT2D eigenvalue weighted by Crippen LogP contribution is 2.40. The van der Waals surface area contributed by atoms with Crippen LogP contribution in [0, 0.1) is 12.7 Å². The Morgan fingerprint density at radius 1 is 1.13 bits per heavy atom. The lowest BCUT2D eigenvalue weighted by molar-refractivity contribution is 0.0916. The number of anilines is 2. The van der Waals surface area contributed by atoms with Crippen LogP contribution in [0.2, 0.25) is 5.02 Å². The number of nitrogens with zero attached hydrogens (tertiary/aromatic N) is 3. The zero-order chi connectivity index (χ0) is 28.1. The predicted octanol–water partition coefficient (Wildman–Crippen LogP) is 4.60. The maximum absolute atomic E-state index is 13.4. The molecule has 4 aromatic rings. The van der Waals surface area contributed by atoms with Crippen LogP contribution in [-0.2, 0) is 0 Å². The molecule has 204 valence electrons. The fourth-order valence-electron chi connectivity index (χ4n) is 3.83. The first-order chi connectivity index (χ1) is 18.7. The average molecular weight is 556 g/mol. The molecule has 0 aliphatic heterocycles. The van der Waals surface area contributed by atoms with Gasteiger partial charge in [0.2, 0.25) is 11.7 Å². The van der Waals surface area contributed by atoms with Gasteiger partial charge in [-0.25, -0.2) is 9.37 Å². The largest absolute Gasteiger partial charge is 0.493 e. The van der Waals surface area contributed by atoms with Gasteiger partial charge in [-0.3, -0.25) is 4.79 Å². The molecular formula is C27H27ClFN5O5. The van der Waals surface area contributed by atoms with Crippen molar-refractivity contribution >= 4 is 29.1 Å². The fraction of sp³-hybridized carbons (Fsp3) is 0.222. The van der Waals surface area contributed by atoms with Crippen LogP contribution in [0.1, 0.15) is 27.6 Å². The van der Waals surface area contributed by atoms with Crippen molar-refractivity contribution in [2.24, 2.45) is 0 Å². The van der Waals surface area contributed by atoms with Gasteiger partial charge in [0.15, 0.2) is 11.5 Å². The van der Waals surface area contributed by atoms with Crippen LogP contribution in [0.25, 0.3) is 5.82 Å². The van der Waals surface area contributed by atoms with Crippen molar-refractivity contribution in [2.45, 2.75) is 13.0 Å². The van der Waals surface area contributed by atoms with E-state index in [0.717, 1.165) is 11.6 Å². The van der Waals surface area contributed by atoms with Crippen LogP contribution in [0.5, 0.6) is 17.2 Å². The molecule has 0 fully saturated rings. The van der Waals surface area contributed by atoms with Crippen molar-refractivity contribution in [1.82, 2.24) is 19.9 Å². The van der Waals surface area contributed by atoms with Gasteiger partial charge in [-0.05, 0) is 30.7 Å². The molecule has 2 heterocycles. The number of hydrogen-bond donors (Lipinski definition) is 3. The number of carbonyl (C=O) groups excluding carboxylic acids is 1. The molecule has 3 N–H and O–H groups in total. The van der Waals surface area contributed by atoms with Crippen LogP contribution < -0.4 is 24.8 Å². The molecule has 12 heteroatoms. The Kier molecular flexibility index (Phi) is 8.52. The van der Waals surface area contributed by atoms with Crippen molar-refractivity contribution in [3.63, 3.8) is 0 Å². The summed E-state index contributed by atoms with van der Waals surface area (Å²) in [5.74, 6) is 1.29. The van der Waals surface area contributed by atoms with Gasteiger partial charge in [0.1, 0.15) is 11.6 Å². The maximum atomic E-state index is 13.4. The third kappa shape index (κ3) is 6.21. The van der Waals surface area contributed by atoms with E-state index in [4.69, 9.17) is 25.8 Å². The minimum absolute atomic E-state index is 0.0820. The van der Waals surface area contributed by atoms with Gasteiger partial charge in [-0.15, -0.1) is 0 Å². The number of hydrogen-bond acceptors (Lipinski definition) is 8. The van der Waals surface area contributed by atoms with E-state index in [1.54, 1.807) is 41.4 Å². The minimum atomic E-state index is -1.05. The highest BCUT2D eigenvalue weighted by Gasteiger charge is 2.16. The van der Waals surface area contributed by atoms with Gasteiger partial charge in [0.25, 0.3) is 5.91 Å². The molecule has 1 atom stereocenters. The Hall–Kier alpha value is -4.35. The molecule has 39 heavy (non-hydrogen) atoms. The number of halogens is 2. The highest BCUT2D eigenvalue weighted by atomic mass is 35.5. The number of aliphatic hydroxyl groups excluding tert-OH is 1. The average Bonchev–Trinajstić information content (AvgIpc) is 3.43. The fourth-order valence-corrected chi connectivity index (χ4v) is 4.02. The van der Waals surface area contributed by atoms with Crippen molar-refractivity contribution in [2.75, 3.05) is 33.2 Å². The molecule has 0 bridgehead atoms. The Bertz CT molecular complexity index is 1470. The molecule has 0 spiro atoms. The quantitative estimate of drug-likeness (QED) is 0.260.